The van der Waals surface area contributed by atoms with Crippen molar-refractivity contribution in [3.8, 4) is 23.0 Å². The Morgan fingerprint density at radius 2 is 1.54 bits per heavy atom. The molecule has 2 aromatic carbocycles. The lowest BCUT2D eigenvalue weighted by molar-refractivity contribution is -0.147. The SMILES string of the molecule is COc1cc(CNC(=O)COC(=O)Cc2ccc(O)cc2)cc(OC)c1OC. The normalized spacial score (nSPS) is 10.1. The number of nitrogens with one attached hydrogen (secondary N) is 1. The number of methoxy groups -OCH3 is 3. The van der Waals surface area contributed by atoms with Crippen molar-refractivity contribution in [3.05, 3.63) is 47.5 Å². The fourth-order valence-electron chi connectivity index (χ4n) is 2.47. The third kappa shape index (κ3) is 5.80. The van der Waals surface area contributed by atoms with Crippen LogP contribution < -0.4 is 19.5 Å². The monoisotopic (exact) mass is 389 g/mol. The highest BCUT2D eigenvalue weighted by Crippen LogP contribution is 2.38. The number of benzene rings is 2. The van der Waals surface area contributed by atoms with E-state index in [1.807, 2.05) is 0 Å². The number of phenols is 1. The first-order valence-electron chi connectivity index (χ1n) is 8.46. The average molecular weight is 389 g/mol. The van der Waals surface area contributed by atoms with Gasteiger partial charge in [-0.25, -0.2) is 0 Å². The minimum Gasteiger partial charge on any atom is -0.508 e. The van der Waals surface area contributed by atoms with Crippen LogP contribution in [0, 0.1) is 0 Å². The Bertz CT molecular complexity index is 793. The van der Waals surface area contributed by atoms with E-state index in [1.54, 1.807) is 24.3 Å². The van der Waals surface area contributed by atoms with Crippen LogP contribution in [0.5, 0.6) is 23.0 Å². The third-order valence-corrected chi connectivity index (χ3v) is 3.86. The minimum absolute atomic E-state index is 0.0143. The molecule has 0 spiro atoms. The third-order valence-electron chi connectivity index (χ3n) is 3.86. The summed E-state index contributed by atoms with van der Waals surface area (Å²) in [5.74, 6) is 0.561. The second-order valence-corrected chi connectivity index (χ2v) is 5.81. The summed E-state index contributed by atoms with van der Waals surface area (Å²) < 4.78 is 20.8. The van der Waals surface area contributed by atoms with Crippen molar-refractivity contribution in [1.82, 2.24) is 5.32 Å². The molecule has 150 valence electrons. The summed E-state index contributed by atoms with van der Waals surface area (Å²) in [6.45, 7) is -0.188. The lowest BCUT2D eigenvalue weighted by Gasteiger charge is -2.14. The molecule has 0 atom stereocenters. The highest BCUT2D eigenvalue weighted by atomic mass is 16.5. The summed E-state index contributed by atoms with van der Waals surface area (Å²) in [6.07, 6.45) is 0.0143. The van der Waals surface area contributed by atoms with E-state index in [0.29, 0.717) is 22.8 Å². The van der Waals surface area contributed by atoms with Gasteiger partial charge in [-0.05, 0) is 35.4 Å². The Labute approximate surface area is 163 Å². The number of esters is 1. The van der Waals surface area contributed by atoms with E-state index in [2.05, 4.69) is 5.32 Å². The molecular formula is C20H23NO7. The summed E-state index contributed by atoms with van der Waals surface area (Å²) in [5, 5.41) is 11.9. The van der Waals surface area contributed by atoms with Gasteiger partial charge in [-0.3, -0.25) is 9.59 Å². The Kier molecular flexibility index (Phi) is 7.50. The van der Waals surface area contributed by atoms with Gasteiger partial charge in [0.1, 0.15) is 5.75 Å². The fraction of sp³-hybridized carbons (Fsp3) is 0.300. The largest absolute Gasteiger partial charge is 0.508 e. The van der Waals surface area contributed by atoms with Crippen LogP contribution in [0.1, 0.15) is 11.1 Å². The number of amides is 1. The standard InChI is InChI=1S/C20H23NO7/c1-25-16-8-14(9-17(26-2)20(16)27-3)11-21-18(23)12-28-19(24)10-13-4-6-15(22)7-5-13/h4-9,22H,10-12H2,1-3H3,(H,21,23). The van der Waals surface area contributed by atoms with Gasteiger partial charge in [0.25, 0.3) is 5.91 Å². The molecule has 8 heteroatoms. The van der Waals surface area contributed by atoms with Gasteiger partial charge in [-0.1, -0.05) is 12.1 Å². The van der Waals surface area contributed by atoms with Crippen LogP contribution in [0.2, 0.25) is 0 Å². The predicted molar refractivity (Wildman–Crippen MR) is 101 cm³/mol. The van der Waals surface area contributed by atoms with Crippen LogP contribution >= 0.6 is 0 Å². The van der Waals surface area contributed by atoms with Gasteiger partial charge in [0.2, 0.25) is 5.75 Å². The molecule has 0 unspecified atom stereocenters. The number of phenolic OH excluding ortho intramolecular Hbond substituents is 1. The number of aromatic hydroxyl groups is 1. The van der Waals surface area contributed by atoms with Crippen LogP contribution in [-0.4, -0.2) is 44.9 Å². The first kappa shape index (κ1) is 20.9. The average Bonchev–Trinajstić information content (AvgIpc) is 2.71. The molecule has 0 aromatic heterocycles. The molecule has 0 fully saturated rings. The minimum atomic E-state index is -0.534. The number of hydrogen-bond acceptors (Lipinski definition) is 7. The molecule has 2 aromatic rings. The molecule has 0 aliphatic rings. The second-order valence-electron chi connectivity index (χ2n) is 5.81. The summed E-state index contributed by atoms with van der Waals surface area (Å²) >= 11 is 0. The molecule has 0 heterocycles. The van der Waals surface area contributed by atoms with E-state index >= 15 is 0 Å². The van der Waals surface area contributed by atoms with E-state index in [9.17, 15) is 14.7 Å². The molecule has 0 aliphatic carbocycles. The second kappa shape index (κ2) is 10.1. The Hall–Kier alpha value is -3.42. The highest BCUT2D eigenvalue weighted by Gasteiger charge is 2.14. The van der Waals surface area contributed by atoms with Crippen molar-refractivity contribution in [2.75, 3.05) is 27.9 Å². The van der Waals surface area contributed by atoms with Gasteiger partial charge in [0, 0.05) is 6.54 Å². The molecule has 2 rings (SSSR count). The Morgan fingerprint density at radius 1 is 0.929 bits per heavy atom. The first-order valence-corrected chi connectivity index (χ1v) is 8.46. The maximum absolute atomic E-state index is 11.9. The van der Waals surface area contributed by atoms with E-state index in [4.69, 9.17) is 18.9 Å². The van der Waals surface area contributed by atoms with Crippen molar-refractivity contribution in [1.29, 1.82) is 0 Å². The molecule has 0 radical (unpaired) electrons. The Balaban J connectivity index is 1.85. The molecular weight excluding hydrogens is 366 g/mol. The van der Waals surface area contributed by atoms with E-state index in [1.165, 1.54) is 33.5 Å². The van der Waals surface area contributed by atoms with Crippen LogP contribution in [0.3, 0.4) is 0 Å². The van der Waals surface area contributed by atoms with E-state index in [-0.39, 0.29) is 25.3 Å². The topological polar surface area (TPSA) is 103 Å². The van der Waals surface area contributed by atoms with Crippen molar-refractivity contribution >= 4 is 11.9 Å². The van der Waals surface area contributed by atoms with Crippen molar-refractivity contribution in [3.63, 3.8) is 0 Å². The number of ether oxygens (including phenoxy) is 4. The Morgan fingerprint density at radius 3 is 2.07 bits per heavy atom. The molecule has 28 heavy (non-hydrogen) atoms. The molecule has 2 N–H and O–H groups in total. The van der Waals surface area contributed by atoms with Gasteiger partial charge >= 0.3 is 5.97 Å². The zero-order valence-corrected chi connectivity index (χ0v) is 16.0. The van der Waals surface area contributed by atoms with E-state index in [0.717, 1.165) is 5.56 Å². The van der Waals surface area contributed by atoms with Crippen LogP contribution in [-0.2, 0) is 27.3 Å². The lowest BCUT2D eigenvalue weighted by Crippen LogP contribution is -2.28. The molecule has 8 nitrogen and oxygen atoms in total. The zero-order chi connectivity index (χ0) is 20.5. The summed E-state index contributed by atoms with van der Waals surface area (Å²) in [5.41, 5.74) is 1.42. The van der Waals surface area contributed by atoms with Gasteiger partial charge in [-0.2, -0.15) is 0 Å². The summed E-state index contributed by atoms with van der Waals surface area (Å²) in [7, 11) is 4.52. The number of carbonyl (C=O) groups excluding carboxylic acids is 2. The lowest BCUT2D eigenvalue weighted by atomic mass is 10.1. The van der Waals surface area contributed by atoms with Gasteiger partial charge < -0.3 is 29.4 Å². The summed E-state index contributed by atoms with van der Waals surface area (Å²) in [6, 6.07) is 9.62. The first-order chi connectivity index (χ1) is 13.5. The number of carbonyl (C=O) groups is 2. The van der Waals surface area contributed by atoms with Gasteiger partial charge in [0.05, 0.1) is 27.8 Å². The van der Waals surface area contributed by atoms with Gasteiger partial charge in [-0.15, -0.1) is 0 Å². The predicted octanol–water partition coefficient (Wildman–Crippen LogP) is 1.82. The van der Waals surface area contributed by atoms with Crippen molar-refractivity contribution in [2.45, 2.75) is 13.0 Å². The van der Waals surface area contributed by atoms with E-state index < -0.39 is 11.9 Å². The smallest absolute Gasteiger partial charge is 0.310 e. The van der Waals surface area contributed by atoms with Crippen molar-refractivity contribution < 1.29 is 33.6 Å². The van der Waals surface area contributed by atoms with Crippen LogP contribution in [0.25, 0.3) is 0 Å². The molecule has 0 saturated carbocycles. The number of rotatable bonds is 9. The molecule has 0 saturated heterocycles. The summed E-state index contributed by atoms with van der Waals surface area (Å²) in [4.78, 5) is 23.7. The molecule has 0 bridgehead atoms. The quantitative estimate of drug-likeness (QED) is 0.631. The maximum atomic E-state index is 11.9. The molecule has 1 amide bonds. The maximum Gasteiger partial charge on any atom is 0.310 e. The van der Waals surface area contributed by atoms with Crippen LogP contribution in [0.4, 0.5) is 0 Å². The van der Waals surface area contributed by atoms with Crippen molar-refractivity contribution in [2.24, 2.45) is 0 Å². The fourth-order valence-corrected chi connectivity index (χ4v) is 2.47. The zero-order valence-electron chi connectivity index (χ0n) is 16.0. The van der Waals surface area contributed by atoms with Crippen LogP contribution in [0.15, 0.2) is 36.4 Å². The highest BCUT2D eigenvalue weighted by molar-refractivity contribution is 5.81. The number of hydrogen-bond donors (Lipinski definition) is 2. The molecule has 0 aliphatic heterocycles. The van der Waals surface area contributed by atoms with Gasteiger partial charge in [0.15, 0.2) is 18.1 Å².